The minimum Gasteiger partial charge on any atom is -0.478 e. The summed E-state index contributed by atoms with van der Waals surface area (Å²) in [6.07, 6.45) is 0.115. The van der Waals surface area contributed by atoms with Crippen molar-refractivity contribution >= 4 is 18.4 Å². The third kappa shape index (κ3) is 3.24. The van der Waals surface area contributed by atoms with Gasteiger partial charge in [0.25, 0.3) is 0 Å². The number of nitrogens with zero attached hydrogens (tertiary/aromatic N) is 1. The topological polar surface area (TPSA) is 87.1 Å². The third-order valence-electron chi connectivity index (χ3n) is 1.90. The molecule has 0 saturated carbocycles. The van der Waals surface area contributed by atoms with Crippen molar-refractivity contribution in [3.8, 4) is 6.07 Å². The van der Waals surface area contributed by atoms with Crippen LogP contribution in [0.3, 0.4) is 0 Å². The Morgan fingerprint density at radius 3 is 2.67 bits per heavy atom. The molecule has 0 aliphatic heterocycles. The van der Waals surface area contributed by atoms with E-state index in [9.17, 15) is 4.79 Å². The van der Waals surface area contributed by atoms with Gasteiger partial charge < -0.3 is 10.8 Å². The number of carbonyl (C=O) groups is 1. The summed E-state index contributed by atoms with van der Waals surface area (Å²) in [6, 6.07) is 7.83. The van der Waals surface area contributed by atoms with Crippen LogP contribution in [-0.4, -0.2) is 11.1 Å². The molecule has 3 N–H and O–H groups in total. The van der Waals surface area contributed by atoms with Gasteiger partial charge in [-0.2, -0.15) is 5.26 Å². The molecule has 0 bridgehead atoms. The number of halogens is 1. The van der Waals surface area contributed by atoms with Crippen LogP contribution < -0.4 is 5.73 Å². The predicted molar refractivity (Wildman–Crippen MR) is 57.8 cm³/mol. The number of hydrogen-bond donors (Lipinski definition) is 2. The van der Waals surface area contributed by atoms with Crippen LogP contribution >= 0.6 is 12.4 Å². The lowest BCUT2D eigenvalue weighted by Gasteiger charge is -2.10. The van der Waals surface area contributed by atoms with Crippen molar-refractivity contribution < 1.29 is 9.90 Å². The molecule has 0 unspecified atom stereocenters. The van der Waals surface area contributed by atoms with Gasteiger partial charge in [0, 0.05) is 6.04 Å². The number of carboxylic acids is 1. The van der Waals surface area contributed by atoms with E-state index in [1.165, 1.54) is 6.07 Å². The fraction of sp³-hybridized carbons (Fsp3) is 0.200. The summed E-state index contributed by atoms with van der Waals surface area (Å²) in [6.45, 7) is 0. The van der Waals surface area contributed by atoms with E-state index in [4.69, 9.17) is 16.1 Å². The second kappa shape index (κ2) is 6.02. The SMILES string of the molecule is Cl.N#CC[C@@H](N)c1ccccc1C(=O)O. The van der Waals surface area contributed by atoms with E-state index in [1.54, 1.807) is 18.2 Å². The number of aromatic carboxylic acids is 1. The third-order valence-corrected chi connectivity index (χ3v) is 1.90. The maximum absolute atomic E-state index is 10.8. The highest BCUT2D eigenvalue weighted by atomic mass is 35.5. The second-order valence-corrected chi connectivity index (χ2v) is 2.86. The van der Waals surface area contributed by atoms with Crippen LogP contribution in [0.1, 0.15) is 28.4 Å². The second-order valence-electron chi connectivity index (χ2n) is 2.86. The van der Waals surface area contributed by atoms with Gasteiger partial charge in [-0.15, -0.1) is 12.4 Å². The summed E-state index contributed by atoms with van der Waals surface area (Å²) in [5.41, 5.74) is 6.32. The Labute approximate surface area is 93.7 Å². The average Bonchev–Trinajstić information content (AvgIpc) is 2.18. The molecule has 0 heterocycles. The van der Waals surface area contributed by atoms with Crippen LogP contribution in [-0.2, 0) is 0 Å². The molecular weight excluding hydrogens is 216 g/mol. The Bertz CT molecular complexity index is 387. The summed E-state index contributed by atoms with van der Waals surface area (Å²) in [5, 5.41) is 17.3. The van der Waals surface area contributed by atoms with Gasteiger partial charge in [0.15, 0.2) is 0 Å². The molecule has 1 atom stereocenters. The lowest BCUT2D eigenvalue weighted by atomic mass is 9.99. The molecule has 0 aromatic heterocycles. The minimum absolute atomic E-state index is 0. The summed E-state index contributed by atoms with van der Waals surface area (Å²) in [7, 11) is 0. The monoisotopic (exact) mass is 226 g/mol. The molecule has 0 spiro atoms. The van der Waals surface area contributed by atoms with Gasteiger partial charge in [0.05, 0.1) is 18.1 Å². The van der Waals surface area contributed by atoms with Gasteiger partial charge in [0.1, 0.15) is 0 Å². The zero-order chi connectivity index (χ0) is 10.6. The molecule has 15 heavy (non-hydrogen) atoms. The van der Waals surface area contributed by atoms with Crippen LogP contribution in [0.25, 0.3) is 0 Å². The first-order valence-corrected chi connectivity index (χ1v) is 4.11. The number of nitriles is 1. The standard InChI is InChI=1S/C10H10N2O2.ClH/c11-6-5-9(12)7-3-1-2-4-8(7)10(13)14;/h1-4,9H,5,12H2,(H,13,14);1H/t9-;/m1./s1. The highest BCUT2D eigenvalue weighted by Crippen LogP contribution is 2.18. The molecule has 1 rings (SSSR count). The van der Waals surface area contributed by atoms with E-state index >= 15 is 0 Å². The molecule has 0 aliphatic rings. The smallest absolute Gasteiger partial charge is 0.336 e. The molecule has 0 amide bonds. The molecule has 0 radical (unpaired) electrons. The van der Waals surface area contributed by atoms with Crippen LogP contribution in [0, 0.1) is 11.3 Å². The van der Waals surface area contributed by atoms with Crippen LogP contribution in [0.5, 0.6) is 0 Å². The van der Waals surface area contributed by atoms with E-state index in [2.05, 4.69) is 0 Å². The van der Waals surface area contributed by atoms with Crippen molar-refractivity contribution in [3.05, 3.63) is 35.4 Å². The first-order valence-electron chi connectivity index (χ1n) is 4.11. The molecule has 0 aliphatic carbocycles. The molecule has 5 heteroatoms. The molecule has 80 valence electrons. The van der Waals surface area contributed by atoms with E-state index in [0.29, 0.717) is 5.56 Å². The summed E-state index contributed by atoms with van der Waals surface area (Å²) >= 11 is 0. The lowest BCUT2D eigenvalue weighted by molar-refractivity contribution is 0.0695. The van der Waals surface area contributed by atoms with E-state index in [-0.39, 0.29) is 24.4 Å². The van der Waals surface area contributed by atoms with Crippen molar-refractivity contribution in [1.29, 1.82) is 5.26 Å². The lowest BCUT2D eigenvalue weighted by Crippen LogP contribution is -2.14. The van der Waals surface area contributed by atoms with Crippen molar-refractivity contribution in [2.45, 2.75) is 12.5 Å². The molecule has 0 saturated heterocycles. The number of carboxylic acid groups (broad SMARTS) is 1. The van der Waals surface area contributed by atoms with E-state index < -0.39 is 12.0 Å². The summed E-state index contributed by atoms with van der Waals surface area (Å²) < 4.78 is 0. The van der Waals surface area contributed by atoms with Crippen molar-refractivity contribution in [2.75, 3.05) is 0 Å². The first-order chi connectivity index (χ1) is 6.66. The minimum atomic E-state index is -1.02. The van der Waals surface area contributed by atoms with Crippen LogP contribution in [0.4, 0.5) is 0 Å². The van der Waals surface area contributed by atoms with Crippen molar-refractivity contribution in [2.24, 2.45) is 5.73 Å². The number of benzene rings is 1. The molecule has 1 aromatic carbocycles. The van der Waals surface area contributed by atoms with Gasteiger partial charge in [-0.3, -0.25) is 0 Å². The Kier molecular flexibility index (Phi) is 5.39. The fourth-order valence-corrected chi connectivity index (χ4v) is 1.22. The molecule has 0 fully saturated rings. The zero-order valence-corrected chi connectivity index (χ0v) is 8.70. The highest BCUT2D eigenvalue weighted by Gasteiger charge is 2.14. The van der Waals surface area contributed by atoms with Gasteiger partial charge in [-0.25, -0.2) is 4.79 Å². The predicted octanol–water partition coefficient (Wildman–Crippen LogP) is 1.72. The summed E-state index contributed by atoms with van der Waals surface area (Å²) in [5.74, 6) is -1.02. The average molecular weight is 227 g/mol. The van der Waals surface area contributed by atoms with Gasteiger partial charge >= 0.3 is 5.97 Å². The normalized spacial score (nSPS) is 10.9. The Morgan fingerprint density at radius 1 is 1.53 bits per heavy atom. The van der Waals surface area contributed by atoms with Crippen molar-refractivity contribution in [3.63, 3.8) is 0 Å². The largest absolute Gasteiger partial charge is 0.478 e. The van der Waals surface area contributed by atoms with Crippen LogP contribution in [0.15, 0.2) is 24.3 Å². The van der Waals surface area contributed by atoms with Crippen molar-refractivity contribution in [1.82, 2.24) is 0 Å². The Hall–Kier alpha value is -1.57. The molecule has 4 nitrogen and oxygen atoms in total. The quantitative estimate of drug-likeness (QED) is 0.822. The van der Waals surface area contributed by atoms with Gasteiger partial charge in [-0.05, 0) is 11.6 Å². The fourth-order valence-electron chi connectivity index (χ4n) is 1.22. The molecule has 1 aromatic rings. The van der Waals surface area contributed by atoms with Gasteiger partial charge in [-0.1, -0.05) is 18.2 Å². The Morgan fingerprint density at radius 2 is 2.13 bits per heavy atom. The summed E-state index contributed by atoms with van der Waals surface area (Å²) in [4.78, 5) is 10.8. The first kappa shape index (κ1) is 13.4. The zero-order valence-electron chi connectivity index (χ0n) is 7.88. The number of rotatable bonds is 3. The highest BCUT2D eigenvalue weighted by molar-refractivity contribution is 5.89. The van der Waals surface area contributed by atoms with E-state index in [1.807, 2.05) is 6.07 Å². The molecular formula is C10H11ClN2O2. The maximum Gasteiger partial charge on any atom is 0.336 e. The number of hydrogen-bond acceptors (Lipinski definition) is 3. The van der Waals surface area contributed by atoms with E-state index in [0.717, 1.165) is 0 Å². The Balaban J connectivity index is 0.00000196. The maximum atomic E-state index is 10.8. The number of nitrogens with two attached hydrogens (primary N) is 1. The van der Waals surface area contributed by atoms with Gasteiger partial charge in [0.2, 0.25) is 0 Å². The van der Waals surface area contributed by atoms with Crippen LogP contribution in [0.2, 0.25) is 0 Å².